The van der Waals surface area contributed by atoms with Crippen LogP contribution >= 0.6 is 0 Å². The average molecular weight is 809 g/mol. The highest BCUT2D eigenvalue weighted by molar-refractivity contribution is 6.22. The predicted octanol–water partition coefficient (Wildman–Crippen LogP) is 14.3. The van der Waals surface area contributed by atoms with Crippen molar-refractivity contribution in [2.75, 3.05) is 36.2 Å². The minimum atomic E-state index is 0.532. The molecule has 0 N–H and O–H groups in total. The third kappa shape index (κ3) is 5.53. The van der Waals surface area contributed by atoms with Gasteiger partial charge < -0.3 is 37.6 Å². The summed E-state index contributed by atoms with van der Waals surface area (Å²) in [7, 11) is 0. The van der Waals surface area contributed by atoms with Gasteiger partial charge in [0.15, 0.2) is 23.0 Å². The van der Waals surface area contributed by atoms with Gasteiger partial charge in [0.1, 0.15) is 48.8 Å². The van der Waals surface area contributed by atoms with Crippen LogP contribution in [0, 0.1) is 0 Å². The molecule has 0 aliphatic carbocycles. The largest absolute Gasteiger partial charge is 0.486 e. The van der Waals surface area contributed by atoms with E-state index in [1.807, 2.05) is 30.3 Å². The van der Waals surface area contributed by atoms with Gasteiger partial charge in [0.2, 0.25) is 0 Å². The summed E-state index contributed by atoms with van der Waals surface area (Å²) in [5, 5.41) is 8.47. The highest BCUT2D eigenvalue weighted by Crippen LogP contribution is 2.46. The molecule has 298 valence electrons. The van der Waals surface area contributed by atoms with Crippen LogP contribution < -0.4 is 28.7 Å². The van der Waals surface area contributed by atoms with Gasteiger partial charge in [-0.2, -0.15) is 0 Å². The third-order valence-electron chi connectivity index (χ3n) is 12.1. The van der Waals surface area contributed by atoms with Crippen LogP contribution in [0.5, 0.6) is 23.0 Å². The minimum absolute atomic E-state index is 0.532. The molecule has 8 nitrogen and oxygen atoms in total. The van der Waals surface area contributed by atoms with Crippen molar-refractivity contribution >= 4 is 99.5 Å². The molecule has 13 rings (SSSR count). The fraction of sp³-hybridized carbons (Fsp3) is 0.0741. The zero-order valence-corrected chi connectivity index (χ0v) is 33.3. The predicted molar refractivity (Wildman–Crippen MR) is 247 cm³/mol. The molecule has 2 aliphatic heterocycles. The smallest absolute Gasteiger partial charge is 0.163 e. The van der Waals surface area contributed by atoms with E-state index < -0.39 is 0 Å². The van der Waals surface area contributed by atoms with E-state index in [1.54, 1.807) is 0 Å². The fourth-order valence-corrected chi connectivity index (χ4v) is 9.26. The van der Waals surface area contributed by atoms with E-state index in [2.05, 4.69) is 149 Å². The second-order valence-electron chi connectivity index (χ2n) is 15.7. The molecule has 0 unspecified atom stereocenters. The van der Waals surface area contributed by atoms with Crippen LogP contribution in [-0.2, 0) is 0 Å². The highest BCUT2D eigenvalue weighted by atomic mass is 16.6. The van der Waals surface area contributed by atoms with Crippen molar-refractivity contribution in [3.8, 4) is 23.0 Å². The Morgan fingerprint density at radius 1 is 0.290 bits per heavy atom. The number of rotatable bonds is 6. The van der Waals surface area contributed by atoms with Crippen LogP contribution in [0.4, 0.5) is 34.1 Å². The molecular formula is C54H36N2O6. The molecule has 0 amide bonds. The number of nitrogens with zero attached hydrogens (tertiary/aromatic N) is 2. The van der Waals surface area contributed by atoms with Gasteiger partial charge in [-0.05, 0) is 114 Å². The van der Waals surface area contributed by atoms with E-state index in [1.165, 1.54) is 0 Å². The van der Waals surface area contributed by atoms with Crippen molar-refractivity contribution in [1.82, 2.24) is 0 Å². The Morgan fingerprint density at radius 3 is 1.16 bits per heavy atom. The molecule has 0 atom stereocenters. The van der Waals surface area contributed by atoms with Gasteiger partial charge in [-0.1, -0.05) is 48.5 Å². The third-order valence-corrected chi connectivity index (χ3v) is 12.1. The first-order valence-corrected chi connectivity index (χ1v) is 20.9. The molecule has 9 aromatic carbocycles. The zero-order chi connectivity index (χ0) is 40.7. The minimum Gasteiger partial charge on any atom is -0.486 e. The molecule has 0 fully saturated rings. The van der Waals surface area contributed by atoms with Crippen molar-refractivity contribution in [3.05, 3.63) is 170 Å². The zero-order valence-electron chi connectivity index (χ0n) is 33.3. The maximum Gasteiger partial charge on any atom is 0.163 e. The molecule has 2 aromatic heterocycles. The van der Waals surface area contributed by atoms with Crippen LogP contribution in [0.25, 0.3) is 65.4 Å². The van der Waals surface area contributed by atoms with Crippen molar-refractivity contribution in [1.29, 1.82) is 0 Å². The van der Waals surface area contributed by atoms with Gasteiger partial charge >= 0.3 is 0 Å². The maximum absolute atomic E-state index is 6.72. The molecule has 0 spiro atoms. The standard InChI is InChI=1S/C54H36N2O6/c1-3-7-35(8-4-1)55(39-15-21-47-51(29-39)59-25-23-57-47)37-13-19-41-33(27-37)11-17-43-45-31-46-44-18-12-34-28-38(14-20-42(34)54(44)62-50(46)32-49(45)61-53(41)43)56(36-9-5-2-6-10-36)40-16-22-48-52(30-40)60-26-24-58-48/h1-22,27-32H,23-26H2. The van der Waals surface area contributed by atoms with Gasteiger partial charge in [-0.15, -0.1) is 0 Å². The highest BCUT2D eigenvalue weighted by Gasteiger charge is 2.22. The van der Waals surface area contributed by atoms with Gasteiger partial charge in [0.05, 0.1) is 11.4 Å². The Kier molecular flexibility index (Phi) is 7.69. The normalized spacial score (nSPS) is 13.4. The van der Waals surface area contributed by atoms with Crippen LogP contribution in [0.1, 0.15) is 0 Å². The van der Waals surface area contributed by atoms with Crippen LogP contribution in [-0.4, -0.2) is 26.4 Å². The number of anilines is 6. The molecule has 0 saturated heterocycles. The Bertz CT molecular complexity index is 3330. The van der Waals surface area contributed by atoms with Crippen LogP contribution in [0.3, 0.4) is 0 Å². The van der Waals surface area contributed by atoms with Gasteiger partial charge in [0.25, 0.3) is 0 Å². The Labute approximate surface area is 355 Å². The van der Waals surface area contributed by atoms with E-state index in [-0.39, 0.29) is 0 Å². The number of fused-ring (bicyclic) bond motifs is 12. The summed E-state index contributed by atoms with van der Waals surface area (Å²) in [5.41, 5.74) is 9.38. The lowest BCUT2D eigenvalue weighted by Gasteiger charge is -2.27. The van der Waals surface area contributed by atoms with E-state index in [9.17, 15) is 0 Å². The first-order valence-electron chi connectivity index (χ1n) is 20.9. The van der Waals surface area contributed by atoms with E-state index >= 15 is 0 Å². The first-order chi connectivity index (χ1) is 30.7. The molecule has 62 heavy (non-hydrogen) atoms. The Balaban J connectivity index is 0.891. The summed E-state index contributed by atoms with van der Waals surface area (Å²) >= 11 is 0. The number of furan rings is 2. The lowest BCUT2D eigenvalue weighted by molar-refractivity contribution is 0.171. The lowest BCUT2D eigenvalue weighted by atomic mass is 10.0. The van der Waals surface area contributed by atoms with Crippen molar-refractivity contribution in [2.24, 2.45) is 0 Å². The monoisotopic (exact) mass is 808 g/mol. The van der Waals surface area contributed by atoms with Crippen molar-refractivity contribution in [3.63, 3.8) is 0 Å². The van der Waals surface area contributed by atoms with Gasteiger partial charge in [-0.3, -0.25) is 0 Å². The molecule has 0 saturated carbocycles. The second-order valence-corrected chi connectivity index (χ2v) is 15.7. The molecule has 4 heterocycles. The number of benzene rings is 9. The number of ether oxygens (including phenoxy) is 4. The van der Waals surface area contributed by atoms with Crippen molar-refractivity contribution < 1.29 is 27.8 Å². The van der Waals surface area contributed by atoms with Crippen LogP contribution in [0.15, 0.2) is 179 Å². The average Bonchev–Trinajstić information content (AvgIpc) is 3.89. The van der Waals surface area contributed by atoms with Gasteiger partial charge in [0, 0.05) is 73.3 Å². The quantitative estimate of drug-likeness (QED) is 0.164. The summed E-state index contributed by atoms with van der Waals surface area (Å²) in [6.45, 7) is 2.17. The lowest BCUT2D eigenvalue weighted by Crippen LogP contribution is -2.16. The molecule has 11 aromatic rings. The molecule has 0 bridgehead atoms. The number of hydrogen-bond donors (Lipinski definition) is 0. The summed E-state index contributed by atoms with van der Waals surface area (Å²) in [5.74, 6) is 3.03. The number of para-hydroxylation sites is 2. The Morgan fingerprint density at radius 2 is 0.694 bits per heavy atom. The van der Waals surface area contributed by atoms with E-state index in [0.717, 1.165) is 123 Å². The molecular weight excluding hydrogens is 773 g/mol. The SMILES string of the molecule is c1ccc(N(c2ccc3c(c2)OCCO3)c2ccc3c(ccc4c5cc6c(cc5oc34)oc3c4ccc(N(c5ccccc5)c5ccc7c(c5)OCCO7)cc4ccc63)c2)cc1. The van der Waals surface area contributed by atoms with E-state index in [0.29, 0.717) is 26.4 Å². The molecule has 0 radical (unpaired) electrons. The Hall–Kier alpha value is -8.10. The van der Waals surface area contributed by atoms with Gasteiger partial charge in [-0.25, -0.2) is 0 Å². The van der Waals surface area contributed by atoms with E-state index in [4.69, 9.17) is 27.8 Å². The summed E-state index contributed by atoms with van der Waals surface area (Å²) < 4.78 is 37.1. The second kappa shape index (κ2) is 13.7. The topological polar surface area (TPSA) is 69.7 Å². The fourth-order valence-electron chi connectivity index (χ4n) is 9.26. The molecule has 2 aliphatic rings. The van der Waals surface area contributed by atoms with Crippen molar-refractivity contribution in [2.45, 2.75) is 0 Å². The summed E-state index contributed by atoms with van der Waals surface area (Å²) in [4.78, 5) is 4.48. The number of hydrogen-bond acceptors (Lipinski definition) is 8. The summed E-state index contributed by atoms with van der Waals surface area (Å²) in [6.07, 6.45) is 0. The molecule has 8 heteroatoms. The van der Waals surface area contributed by atoms with Crippen LogP contribution in [0.2, 0.25) is 0 Å². The first kappa shape index (κ1) is 34.7. The summed E-state index contributed by atoms with van der Waals surface area (Å²) in [6, 6.07) is 59.1. The maximum atomic E-state index is 6.72.